The highest BCUT2D eigenvalue weighted by Gasteiger charge is 2.34. The molecule has 0 saturated heterocycles. The second kappa shape index (κ2) is 10.9. The third-order valence-electron chi connectivity index (χ3n) is 8.25. The lowest BCUT2D eigenvalue weighted by molar-refractivity contribution is 0.427. The SMILES string of the molecule is C=C1c2c(cccc2N(C)C2CCCCC2)C(Cl)=C([C@H](C)NC2=c3c(nccc3=C)NC=N2)N1c1ccccc1. The summed E-state index contributed by atoms with van der Waals surface area (Å²) in [4.78, 5) is 13.7. The maximum Gasteiger partial charge on any atom is 0.142 e. The predicted octanol–water partition coefficient (Wildman–Crippen LogP) is 5.86. The summed E-state index contributed by atoms with van der Waals surface area (Å²) in [6.45, 7) is 11.0. The largest absolute Gasteiger partial charge is 0.371 e. The highest BCUT2D eigenvalue weighted by molar-refractivity contribution is 6.50. The van der Waals surface area contributed by atoms with E-state index in [1.54, 1.807) is 12.5 Å². The highest BCUT2D eigenvalue weighted by atomic mass is 35.5. The van der Waals surface area contributed by atoms with Crippen LogP contribution in [0.1, 0.15) is 50.2 Å². The molecule has 0 bridgehead atoms. The molecule has 0 radical (unpaired) electrons. The van der Waals surface area contributed by atoms with Crippen LogP contribution in [0.3, 0.4) is 0 Å². The highest BCUT2D eigenvalue weighted by Crippen LogP contribution is 2.47. The minimum Gasteiger partial charge on any atom is -0.371 e. The number of aromatic nitrogens is 1. The third kappa shape index (κ3) is 4.56. The minimum absolute atomic E-state index is 0.213. The Bertz CT molecular complexity index is 1620. The van der Waals surface area contributed by atoms with Gasteiger partial charge in [-0.15, -0.1) is 0 Å². The lowest BCUT2D eigenvalue weighted by atomic mass is 9.90. The van der Waals surface area contributed by atoms with Crippen molar-refractivity contribution in [1.29, 1.82) is 0 Å². The Morgan fingerprint density at radius 1 is 1.05 bits per heavy atom. The van der Waals surface area contributed by atoms with Crippen molar-refractivity contribution < 1.29 is 0 Å². The number of pyridine rings is 1. The Balaban J connectivity index is 1.49. The van der Waals surface area contributed by atoms with Crippen LogP contribution in [-0.4, -0.2) is 30.5 Å². The average molecular weight is 551 g/mol. The molecule has 3 heterocycles. The van der Waals surface area contributed by atoms with E-state index >= 15 is 0 Å². The summed E-state index contributed by atoms with van der Waals surface area (Å²) in [7, 11) is 2.22. The number of nitrogens with one attached hydrogen (secondary N) is 2. The number of aliphatic imine (C=N–C) groups is 1. The monoisotopic (exact) mass is 550 g/mol. The maximum absolute atomic E-state index is 7.38. The summed E-state index contributed by atoms with van der Waals surface area (Å²) in [5.41, 5.74) is 6.09. The predicted molar refractivity (Wildman–Crippen MR) is 170 cm³/mol. The summed E-state index contributed by atoms with van der Waals surface area (Å²) >= 11 is 7.38. The molecule has 2 N–H and O–H groups in total. The molecule has 7 heteroatoms. The molecule has 6 rings (SSSR count). The van der Waals surface area contributed by atoms with E-state index in [1.807, 2.05) is 24.3 Å². The van der Waals surface area contributed by atoms with Gasteiger partial charge in [0.25, 0.3) is 0 Å². The van der Waals surface area contributed by atoms with E-state index in [0.29, 0.717) is 16.9 Å². The van der Waals surface area contributed by atoms with Gasteiger partial charge in [0.05, 0.1) is 28.3 Å². The zero-order valence-corrected chi connectivity index (χ0v) is 23.9. The number of halogens is 1. The van der Waals surface area contributed by atoms with Crippen LogP contribution in [0.15, 0.2) is 78.1 Å². The van der Waals surface area contributed by atoms with Crippen LogP contribution >= 0.6 is 11.6 Å². The van der Waals surface area contributed by atoms with Crippen LogP contribution in [0, 0.1) is 0 Å². The van der Waals surface area contributed by atoms with Gasteiger partial charge in [-0.3, -0.25) is 0 Å². The molecule has 1 fully saturated rings. The lowest BCUT2D eigenvalue weighted by Gasteiger charge is -2.41. The number of hydrogen-bond acceptors (Lipinski definition) is 6. The van der Waals surface area contributed by atoms with E-state index in [4.69, 9.17) is 11.6 Å². The van der Waals surface area contributed by atoms with E-state index in [-0.39, 0.29) is 6.04 Å². The van der Waals surface area contributed by atoms with Crippen molar-refractivity contribution in [3.8, 4) is 0 Å². The number of anilines is 3. The zero-order chi connectivity index (χ0) is 27.8. The lowest BCUT2D eigenvalue weighted by Crippen LogP contribution is -2.43. The van der Waals surface area contributed by atoms with Crippen LogP contribution in [0.25, 0.3) is 23.1 Å². The van der Waals surface area contributed by atoms with Crippen molar-refractivity contribution in [2.75, 3.05) is 22.2 Å². The maximum atomic E-state index is 7.38. The number of fused-ring (bicyclic) bond motifs is 2. The summed E-state index contributed by atoms with van der Waals surface area (Å²) in [5.74, 6) is 1.43. The van der Waals surface area contributed by atoms with Gasteiger partial charge in [-0.1, -0.05) is 74.4 Å². The van der Waals surface area contributed by atoms with Gasteiger partial charge in [-0.25, -0.2) is 9.98 Å². The van der Waals surface area contributed by atoms with Crippen molar-refractivity contribution in [3.05, 3.63) is 94.6 Å². The standard InChI is InChI=1S/C33H35ClN6/c1-21-18-19-35-32-28(21)33(37-20-36-32)38-22(2)31-30(34)26-16-11-17-27(39(4)24-12-7-5-8-13-24)29(26)23(3)40(31)25-14-9-6-10-15-25/h6,9-11,14-20,22,24H,1,3,5,7-8,12-13H2,2,4H3,(H2,35,36,37,38)/t22-/m0/s1. The molecule has 0 spiro atoms. The molecular weight excluding hydrogens is 516 g/mol. The van der Waals surface area contributed by atoms with Crippen LogP contribution in [0.5, 0.6) is 0 Å². The molecule has 3 aliphatic rings. The molecule has 1 aliphatic carbocycles. The molecular formula is C33H35ClN6. The molecule has 6 nitrogen and oxygen atoms in total. The first-order chi connectivity index (χ1) is 19.5. The second-order valence-corrected chi connectivity index (χ2v) is 11.1. The fourth-order valence-corrected chi connectivity index (χ4v) is 6.62. The van der Waals surface area contributed by atoms with Crippen LogP contribution < -0.4 is 30.9 Å². The number of para-hydroxylation sites is 1. The fourth-order valence-electron chi connectivity index (χ4n) is 6.22. The van der Waals surface area contributed by atoms with Gasteiger partial charge in [-0.05, 0) is 49.2 Å². The first kappa shape index (κ1) is 26.2. The Morgan fingerprint density at radius 2 is 1.82 bits per heavy atom. The molecule has 1 atom stereocenters. The smallest absolute Gasteiger partial charge is 0.142 e. The normalized spacial score (nSPS) is 17.7. The Hall–Kier alpha value is -4.03. The summed E-state index contributed by atoms with van der Waals surface area (Å²) in [5, 5.41) is 9.14. The zero-order valence-electron chi connectivity index (χ0n) is 23.1. The third-order valence-corrected chi connectivity index (χ3v) is 8.65. The minimum atomic E-state index is -0.213. The topological polar surface area (TPSA) is 55.8 Å². The molecule has 1 aromatic heterocycles. The molecule has 204 valence electrons. The summed E-state index contributed by atoms with van der Waals surface area (Å²) in [6.07, 6.45) is 9.70. The average Bonchev–Trinajstić information content (AvgIpc) is 2.99. The van der Waals surface area contributed by atoms with Gasteiger partial charge >= 0.3 is 0 Å². The Kier molecular flexibility index (Phi) is 7.11. The van der Waals surface area contributed by atoms with Crippen LogP contribution in [-0.2, 0) is 0 Å². The van der Waals surface area contributed by atoms with Gasteiger partial charge in [0.2, 0.25) is 0 Å². The van der Waals surface area contributed by atoms with Crippen LogP contribution in [0.2, 0.25) is 0 Å². The summed E-state index contributed by atoms with van der Waals surface area (Å²) < 4.78 is 0. The quantitative estimate of drug-likeness (QED) is 0.403. The van der Waals surface area contributed by atoms with Gasteiger partial charge in [0.15, 0.2) is 0 Å². The molecule has 1 saturated carbocycles. The number of nitrogens with zero attached hydrogens (tertiary/aromatic N) is 4. The molecule has 3 aromatic rings. The number of benzene rings is 2. The summed E-state index contributed by atoms with van der Waals surface area (Å²) in [6, 6.07) is 18.9. The van der Waals surface area contributed by atoms with Crippen molar-refractivity contribution in [2.24, 2.45) is 4.99 Å². The number of hydrogen-bond donors (Lipinski definition) is 2. The first-order valence-electron chi connectivity index (χ1n) is 14.0. The molecule has 40 heavy (non-hydrogen) atoms. The van der Waals surface area contributed by atoms with E-state index in [9.17, 15) is 0 Å². The Morgan fingerprint density at radius 3 is 2.60 bits per heavy atom. The second-order valence-electron chi connectivity index (χ2n) is 10.7. The van der Waals surface area contributed by atoms with E-state index in [1.165, 1.54) is 37.8 Å². The molecule has 0 unspecified atom stereocenters. The fraction of sp³-hybridized carbons (Fsp3) is 0.273. The molecule has 2 aromatic carbocycles. The molecule has 2 aliphatic heterocycles. The van der Waals surface area contributed by atoms with Crippen LogP contribution in [0.4, 0.5) is 17.2 Å². The van der Waals surface area contributed by atoms with Crippen molar-refractivity contribution >= 4 is 58.3 Å². The number of rotatable bonds is 6. The van der Waals surface area contributed by atoms with Crippen molar-refractivity contribution in [2.45, 2.75) is 51.1 Å². The van der Waals surface area contributed by atoms with Crippen molar-refractivity contribution in [1.82, 2.24) is 10.3 Å². The first-order valence-corrected chi connectivity index (χ1v) is 14.4. The van der Waals surface area contributed by atoms with E-state index in [2.05, 4.69) is 87.9 Å². The molecule has 0 amide bonds. The van der Waals surface area contributed by atoms with Gasteiger partial charge in [0, 0.05) is 47.5 Å². The van der Waals surface area contributed by atoms with Gasteiger partial charge < -0.3 is 20.4 Å². The Labute approximate surface area is 241 Å². The van der Waals surface area contributed by atoms with Gasteiger partial charge in [-0.2, -0.15) is 0 Å². The van der Waals surface area contributed by atoms with Crippen molar-refractivity contribution in [3.63, 3.8) is 0 Å². The van der Waals surface area contributed by atoms with Gasteiger partial charge in [0.1, 0.15) is 11.6 Å². The van der Waals surface area contributed by atoms with E-state index in [0.717, 1.165) is 44.5 Å². The van der Waals surface area contributed by atoms with E-state index < -0.39 is 0 Å².